The predicted octanol–water partition coefficient (Wildman–Crippen LogP) is 3.29. The Kier molecular flexibility index (Phi) is 2.88. The highest BCUT2D eigenvalue weighted by Gasteiger charge is 2.06. The van der Waals surface area contributed by atoms with Crippen LogP contribution in [0.5, 0.6) is 0 Å². The summed E-state index contributed by atoms with van der Waals surface area (Å²) in [4.78, 5) is 9.23. The highest BCUT2D eigenvalue weighted by molar-refractivity contribution is 9.10. The van der Waals surface area contributed by atoms with E-state index in [4.69, 9.17) is 4.42 Å². The van der Waals surface area contributed by atoms with E-state index in [1.165, 1.54) is 11.8 Å². The molecule has 0 aliphatic heterocycles. The molecule has 0 saturated heterocycles. The Hall–Kier alpha value is -0.810. The fourth-order valence-electron chi connectivity index (χ4n) is 0.919. The van der Waals surface area contributed by atoms with Crippen LogP contribution in [0.25, 0.3) is 0 Å². The number of pyridine rings is 1. The van der Waals surface area contributed by atoms with Gasteiger partial charge in [0, 0.05) is 21.8 Å². The zero-order chi connectivity index (χ0) is 9.97. The standard InChI is InChI=1S/C9H7BrN2OS/c1-6-5-13-9(12-6)14-8-2-3-11-4-7(8)10/h2-5H,1H3. The molecule has 0 saturated carbocycles. The first-order chi connectivity index (χ1) is 6.75. The Bertz CT molecular complexity index is 444. The van der Waals surface area contributed by atoms with E-state index in [1.54, 1.807) is 18.7 Å². The van der Waals surface area contributed by atoms with Crippen LogP contribution in [0.2, 0.25) is 0 Å². The van der Waals surface area contributed by atoms with Gasteiger partial charge in [0.05, 0.1) is 5.69 Å². The largest absolute Gasteiger partial charge is 0.439 e. The maximum atomic E-state index is 5.23. The molecule has 72 valence electrons. The Labute approximate surface area is 94.1 Å². The molecule has 0 fully saturated rings. The monoisotopic (exact) mass is 270 g/mol. The molecule has 0 unspecified atom stereocenters. The van der Waals surface area contributed by atoms with E-state index in [9.17, 15) is 0 Å². The van der Waals surface area contributed by atoms with Crippen molar-refractivity contribution in [1.82, 2.24) is 9.97 Å². The van der Waals surface area contributed by atoms with Crippen LogP contribution in [-0.2, 0) is 0 Å². The fourth-order valence-corrected chi connectivity index (χ4v) is 2.16. The lowest BCUT2D eigenvalue weighted by molar-refractivity contribution is 0.454. The lowest BCUT2D eigenvalue weighted by atomic mass is 10.5. The summed E-state index contributed by atoms with van der Waals surface area (Å²) in [5, 5.41) is 0.648. The van der Waals surface area contributed by atoms with Crippen molar-refractivity contribution >= 4 is 27.7 Å². The zero-order valence-electron chi connectivity index (χ0n) is 7.40. The summed E-state index contributed by atoms with van der Waals surface area (Å²) in [5.74, 6) is 0. The molecule has 14 heavy (non-hydrogen) atoms. The smallest absolute Gasteiger partial charge is 0.260 e. The highest BCUT2D eigenvalue weighted by Crippen LogP contribution is 2.31. The van der Waals surface area contributed by atoms with Crippen LogP contribution in [0.3, 0.4) is 0 Å². The SMILES string of the molecule is Cc1coc(Sc2ccncc2Br)n1. The Balaban J connectivity index is 2.23. The zero-order valence-corrected chi connectivity index (χ0v) is 9.80. The van der Waals surface area contributed by atoms with Crippen LogP contribution in [-0.4, -0.2) is 9.97 Å². The molecule has 0 aliphatic rings. The first-order valence-corrected chi connectivity index (χ1v) is 5.56. The molecule has 0 amide bonds. The van der Waals surface area contributed by atoms with E-state index in [2.05, 4.69) is 25.9 Å². The van der Waals surface area contributed by atoms with Gasteiger partial charge in [0.2, 0.25) is 0 Å². The third-order valence-electron chi connectivity index (χ3n) is 1.53. The van der Waals surface area contributed by atoms with Gasteiger partial charge >= 0.3 is 0 Å². The topological polar surface area (TPSA) is 38.9 Å². The van der Waals surface area contributed by atoms with Gasteiger partial charge in [-0.1, -0.05) is 0 Å². The van der Waals surface area contributed by atoms with Gasteiger partial charge in [-0.3, -0.25) is 4.98 Å². The van der Waals surface area contributed by atoms with Gasteiger partial charge in [-0.25, -0.2) is 4.98 Å². The van der Waals surface area contributed by atoms with Crippen molar-refractivity contribution in [3.63, 3.8) is 0 Å². The molecule has 0 aliphatic carbocycles. The molecule has 5 heteroatoms. The maximum Gasteiger partial charge on any atom is 0.260 e. The molecule has 0 radical (unpaired) electrons. The average Bonchev–Trinajstić information content (AvgIpc) is 2.56. The minimum Gasteiger partial charge on any atom is -0.439 e. The third-order valence-corrected chi connectivity index (χ3v) is 3.36. The third kappa shape index (κ3) is 2.16. The number of rotatable bonds is 2. The van der Waals surface area contributed by atoms with Crippen molar-refractivity contribution in [3.8, 4) is 0 Å². The molecule has 2 aromatic heterocycles. The minimum absolute atomic E-state index is 0.648. The summed E-state index contributed by atoms with van der Waals surface area (Å²) in [7, 11) is 0. The van der Waals surface area contributed by atoms with E-state index in [-0.39, 0.29) is 0 Å². The second-order valence-electron chi connectivity index (χ2n) is 2.66. The lowest BCUT2D eigenvalue weighted by Crippen LogP contribution is -1.78. The summed E-state index contributed by atoms with van der Waals surface area (Å²) < 4.78 is 6.18. The molecule has 2 rings (SSSR count). The molecular formula is C9H7BrN2OS. The van der Waals surface area contributed by atoms with Crippen molar-refractivity contribution in [2.75, 3.05) is 0 Å². The molecule has 0 spiro atoms. The molecule has 0 aromatic carbocycles. The summed E-state index contributed by atoms with van der Waals surface area (Å²) >= 11 is 4.88. The lowest BCUT2D eigenvalue weighted by Gasteiger charge is -1.98. The van der Waals surface area contributed by atoms with Crippen molar-refractivity contribution in [2.24, 2.45) is 0 Å². The Morgan fingerprint density at radius 3 is 3.00 bits per heavy atom. The first-order valence-electron chi connectivity index (χ1n) is 3.95. The van der Waals surface area contributed by atoms with E-state index >= 15 is 0 Å². The second kappa shape index (κ2) is 4.14. The second-order valence-corrected chi connectivity index (χ2v) is 4.51. The fraction of sp³-hybridized carbons (Fsp3) is 0.111. The number of nitrogens with zero attached hydrogens (tertiary/aromatic N) is 2. The molecule has 3 nitrogen and oxygen atoms in total. The maximum absolute atomic E-state index is 5.23. The van der Waals surface area contributed by atoms with Gasteiger partial charge in [0.1, 0.15) is 6.26 Å². The quantitative estimate of drug-likeness (QED) is 0.840. The van der Waals surface area contributed by atoms with Gasteiger partial charge in [-0.2, -0.15) is 0 Å². The van der Waals surface area contributed by atoms with Crippen molar-refractivity contribution in [2.45, 2.75) is 17.0 Å². The average molecular weight is 271 g/mol. The van der Waals surface area contributed by atoms with Crippen LogP contribution >= 0.6 is 27.7 Å². The minimum atomic E-state index is 0.648. The number of hydrogen-bond acceptors (Lipinski definition) is 4. The van der Waals surface area contributed by atoms with E-state index in [0.717, 1.165) is 15.1 Å². The van der Waals surface area contributed by atoms with Crippen LogP contribution in [0.15, 0.2) is 43.7 Å². The van der Waals surface area contributed by atoms with Gasteiger partial charge in [-0.05, 0) is 40.7 Å². The highest BCUT2D eigenvalue weighted by atomic mass is 79.9. The Morgan fingerprint density at radius 2 is 2.36 bits per heavy atom. The van der Waals surface area contributed by atoms with E-state index in [0.29, 0.717) is 5.22 Å². The van der Waals surface area contributed by atoms with Crippen molar-refractivity contribution in [1.29, 1.82) is 0 Å². The van der Waals surface area contributed by atoms with Crippen LogP contribution in [0, 0.1) is 6.92 Å². The molecule has 0 bridgehead atoms. The molecule has 2 aromatic rings. The Morgan fingerprint density at radius 1 is 1.50 bits per heavy atom. The number of hydrogen-bond donors (Lipinski definition) is 0. The number of oxazole rings is 1. The molecule has 0 atom stereocenters. The normalized spacial score (nSPS) is 10.4. The number of aromatic nitrogens is 2. The van der Waals surface area contributed by atoms with Crippen molar-refractivity contribution < 1.29 is 4.42 Å². The van der Waals surface area contributed by atoms with E-state index < -0.39 is 0 Å². The van der Waals surface area contributed by atoms with Gasteiger partial charge < -0.3 is 4.42 Å². The number of halogens is 1. The molecule has 2 heterocycles. The van der Waals surface area contributed by atoms with E-state index in [1.807, 2.05) is 13.0 Å². The summed E-state index contributed by atoms with van der Waals surface area (Å²) in [6.45, 7) is 1.90. The van der Waals surface area contributed by atoms with Gasteiger partial charge in [0.15, 0.2) is 0 Å². The van der Waals surface area contributed by atoms with Crippen LogP contribution in [0.1, 0.15) is 5.69 Å². The summed E-state index contributed by atoms with van der Waals surface area (Å²) in [5.41, 5.74) is 0.887. The summed E-state index contributed by atoms with van der Waals surface area (Å²) in [6, 6.07) is 1.91. The van der Waals surface area contributed by atoms with Crippen LogP contribution in [0.4, 0.5) is 0 Å². The predicted molar refractivity (Wildman–Crippen MR) is 57.3 cm³/mol. The van der Waals surface area contributed by atoms with Gasteiger partial charge in [0.25, 0.3) is 5.22 Å². The van der Waals surface area contributed by atoms with Crippen LogP contribution < -0.4 is 0 Å². The number of aryl methyl sites for hydroxylation is 1. The summed E-state index contributed by atoms with van der Waals surface area (Å²) in [6.07, 6.45) is 5.12. The first kappa shape index (κ1) is 9.73. The molecular weight excluding hydrogens is 264 g/mol. The van der Waals surface area contributed by atoms with Gasteiger partial charge in [-0.15, -0.1) is 0 Å². The molecule has 0 N–H and O–H groups in total. The van der Waals surface area contributed by atoms with Crippen molar-refractivity contribution in [3.05, 3.63) is 34.9 Å².